The largest absolute Gasteiger partial charge is 0.367 e. The molecule has 0 aromatic carbocycles. The maximum Gasteiger partial charge on any atom is 0.144 e. The molecule has 1 aromatic rings. The third kappa shape index (κ3) is 3.49. The number of nitrogens with zero attached hydrogens (tertiary/aromatic N) is 1. The van der Waals surface area contributed by atoms with Crippen LogP contribution < -0.4 is 0 Å². The summed E-state index contributed by atoms with van der Waals surface area (Å²) in [7, 11) is 0. The van der Waals surface area contributed by atoms with Crippen LogP contribution in [0.4, 0.5) is 0 Å². The Kier molecular flexibility index (Phi) is 5.93. The smallest absolute Gasteiger partial charge is 0.144 e. The van der Waals surface area contributed by atoms with Gasteiger partial charge in [0.2, 0.25) is 0 Å². The Morgan fingerprint density at radius 3 is 2.15 bits per heavy atom. The van der Waals surface area contributed by atoms with Crippen molar-refractivity contribution in [2.45, 2.75) is 65.4 Å². The number of rotatable bonds is 5. The van der Waals surface area contributed by atoms with Gasteiger partial charge in [-0.05, 0) is 35.7 Å². The molecule has 1 N–H and O–H groups in total. The van der Waals surface area contributed by atoms with Gasteiger partial charge in [-0.25, -0.2) is 4.98 Å². The van der Waals surface area contributed by atoms with Gasteiger partial charge in [0.05, 0.1) is 4.47 Å². The van der Waals surface area contributed by atoms with E-state index in [1.165, 1.54) is 0 Å². The number of ether oxygens (including phenoxy) is 1. The lowest BCUT2D eigenvalue weighted by Gasteiger charge is -2.32. The average Bonchev–Trinajstić information content (AvgIpc) is 2.38. The van der Waals surface area contributed by atoms with E-state index in [4.69, 9.17) is 17.0 Å². The molecule has 0 aliphatic heterocycles. The van der Waals surface area contributed by atoms with Gasteiger partial charge in [-0.2, -0.15) is 0 Å². The van der Waals surface area contributed by atoms with Gasteiger partial charge in [-0.3, -0.25) is 0 Å². The molecule has 0 atom stereocenters. The summed E-state index contributed by atoms with van der Waals surface area (Å²) in [5, 5.41) is 0. The lowest BCUT2D eigenvalue weighted by Crippen LogP contribution is -2.32. The highest BCUT2D eigenvalue weighted by atomic mass is 79.9. The average molecular weight is 361 g/mol. The van der Waals surface area contributed by atoms with Gasteiger partial charge in [0.25, 0.3) is 0 Å². The van der Waals surface area contributed by atoms with E-state index >= 15 is 0 Å². The summed E-state index contributed by atoms with van der Waals surface area (Å²) in [5.41, 5.74) is 0.644. The van der Waals surface area contributed by atoms with E-state index in [0.717, 1.165) is 28.8 Å². The molecule has 0 unspecified atom stereocenters. The maximum absolute atomic E-state index is 6.02. The van der Waals surface area contributed by atoms with E-state index in [9.17, 15) is 0 Å². The minimum atomic E-state index is -0.386. The molecule has 0 saturated heterocycles. The van der Waals surface area contributed by atoms with Crippen LogP contribution in [0.5, 0.6) is 0 Å². The molecule has 3 nitrogen and oxygen atoms in total. The van der Waals surface area contributed by atoms with Gasteiger partial charge in [-0.15, -0.1) is 0 Å². The van der Waals surface area contributed by atoms with Crippen molar-refractivity contribution in [1.29, 1.82) is 0 Å². The molecule has 1 aromatic heterocycles. The molecule has 1 heterocycles. The fourth-order valence-electron chi connectivity index (χ4n) is 2.32. The van der Waals surface area contributed by atoms with Crippen LogP contribution in [-0.4, -0.2) is 16.6 Å². The maximum atomic E-state index is 6.02. The first-order valence-electron chi connectivity index (χ1n) is 7.16. The monoisotopic (exact) mass is 360 g/mol. The highest BCUT2D eigenvalue weighted by molar-refractivity contribution is 9.10. The van der Waals surface area contributed by atoms with Gasteiger partial charge in [0, 0.05) is 17.7 Å². The number of halogens is 1. The lowest BCUT2D eigenvalue weighted by atomic mass is 9.90. The number of H-pyrrole nitrogens is 1. The van der Waals surface area contributed by atoms with Gasteiger partial charge >= 0.3 is 0 Å². The Bertz CT molecular complexity index is 516. The second-order valence-electron chi connectivity index (χ2n) is 5.96. The summed E-state index contributed by atoms with van der Waals surface area (Å²) in [6, 6.07) is 0. The van der Waals surface area contributed by atoms with Crippen molar-refractivity contribution in [1.82, 2.24) is 9.97 Å². The van der Waals surface area contributed by atoms with Crippen LogP contribution in [0.2, 0.25) is 0 Å². The number of hydrogen-bond acceptors (Lipinski definition) is 3. The molecule has 1 rings (SSSR count). The number of aromatic nitrogens is 2. The molecule has 0 spiro atoms. The fourth-order valence-corrected chi connectivity index (χ4v) is 3.30. The number of aromatic amines is 1. The molecular weight excluding hydrogens is 336 g/mol. The van der Waals surface area contributed by atoms with Crippen LogP contribution >= 0.6 is 28.1 Å². The Balaban J connectivity index is 3.53. The predicted molar refractivity (Wildman–Crippen MR) is 89.7 cm³/mol. The van der Waals surface area contributed by atoms with E-state index in [-0.39, 0.29) is 11.0 Å². The molecule has 0 aliphatic rings. The normalized spacial score (nSPS) is 12.8. The molecule has 114 valence electrons. The molecule has 0 radical (unpaired) electrons. The zero-order valence-electron chi connectivity index (χ0n) is 13.3. The van der Waals surface area contributed by atoms with Crippen LogP contribution in [0, 0.1) is 4.64 Å². The first-order chi connectivity index (χ1) is 9.21. The minimum Gasteiger partial charge on any atom is -0.367 e. The molecule has 20 heavy (non-hydrogen) atoms. The Morgan fingerprint density at radius 2 is 1.75 bits per heavy atom. The van der Waals surface area contributed by atoms with Gasteiger partial charge < -0.3 is 9.72 Å². The zero-order valence-corrected chi connectivity index (χ0v) is 15.7. The third-order valence-electron chi connectivity index (χ3n) is 3.61. The van der Waals surface area contributed by atoms with Gasteiger partial charge in [-0.1, -0.05) is 46.8 Å². The molecular formula is C15H25BrN2OS. The summed E-state index contributed by atoms with van der Waals surface area (Å²) in [5.74, 6) is 0.836. The third-order valence-corrected chi connectivity index (χ3v) is 4.94. The quantitative estimate of drug-likeness (QED) is 0.728. The van der Waals surface area contributed by atoms with Crippen LogP contribution in [0.3, 0.4) is 0 Å². The van der Waals surface area contributed by atoms with E-state index in [1.807, 2.05) is 6.92 Å². The van der Waals surface area contributed by atoms with Crippen molar-refractivity contribution < 1.29 is 4.74 Å². The predicted octanol–water partition coefficient (Wildman–Crippen LogP) is 5.25. The molecule has 0 fully saturated rings. The molecule has 0 saturated carbocycles. The summed E-state index contributed by atoms with van der Waals surface area (Å²) >= 11 is 8.97. The number of hydrogen-bond donors (Lipinski definition) is 1. The molecule has 5 heteroatoms. The van der Waals surface area contributed by atoms with Crippen molar-refractivity contribution in [3.63, 3.8) is 0 Å². The van der Waals surface area contributed by atoms with Crippen molar-refractivity contribution >= 4 is 28.1 Å². The topological polar surface area (TPSA) is 37.9 Å². The summed E-state index contributed by atoms with van der Waals surface area (Å²) in [6.45, 7) is 13.4. The van der Waals surface area contributed by atoms with E-state index in [1.54, 1.807) is 0 Å². The standard InChI is InChI=1S/C15H25BrN2OS/c1-7-15(8-2,19-9-3)13-17-11(14(4,5)6)10(16)12(20)18-13/h7-9H2,1-6H3,(H,17,18,20). The summed E-state index contributed by atoms with van der Waals surface area (Å²) in [4.78, 5) is 8.04. The van der Waals surface area contributed by atoms with Crippen molar-refractivity contribution in [2.75, 3.05) is 6.61 Å². The van der Waals surface area contributed by atoms with Gasteiger partial charge in [0.15, 0.2) is 0 Å². The first-order valence-corrected chi connectivity index (χ1v) is 8.36. The van der Waals surface area contributed by atoms with Gasteiger partial charge in [0.1, 0.15) is 16.1 Å². The highest BCUT2D eigenvalue weighted by Gasteiger charge is 2.33. The van der Waals surface area contributed by atoms with Crippen molar-refractivity contribution in [2.24, 2.45) is 0 Å². The second-order valence-corrected chi connectivity index (χ2v) is 7.14. The highest BCUT2D eigenvalue weighted by Crippen LogP contribution is 2.34. The molecule has 0 bridgehead atoms. The Labute approximate surface area is 135 Å². The van der Waals surface area contributed by atoms with E-state index in [2.05, 4.69) is 60.5 Å². The fraction of sp³-hybridized carbons (Fsp3) is 0.733. The molecule has 0 aliphatic carbocycles. The second kappa shape index (κ2) is 6.67. The summed E-state index contributed by atoms with van der Waals surface area (Å²) < 4.78 is 7.49. The SMILES string of the molecule is CCOC(CC)(CC)c1nc(=S)c(Br)c(C(C)(C)C)[nH]1. The van der Waals surface area contributed by atoms with Crippen LogP contribution in [0.15, 0.2) is 4.47 Å². The van der Waals surface area contributed by atoms with Crippen LogP contribution in [0.1, 0.15) is 65.9 Å². The van der Waals surface area contributed by atoms with Crippen LogP contribution in [-0.2, 0) is 15.8 Å². The zero-order chi connectivity index (χ0) is 15.6. The summed E-state index contributed by atoms with van der Waals surface area (Å²) in [6.07, 6.45) is 1.72. The first kappa shape index (κ1) is 17.8. The van der Waals surface area contributed by atoms with Crippen molar-refractivity contribution in [3.05, 3.63) is 20.6 Å². The van der Waals surface area contributed by atoms with E-state index < -0.39 is 0 Å². The van der Waals surface area contributed by atoms with E-state index in [0.29, 0.717) is 11.2 Å². The lowest BCUT2D eigenvalue weighted by molar-refractivity contribution is -0.0575. The minimum absolute atomic E-state index is 0.0382. The van der Waals surface area contributed by atoms with Crippen LogP contribution in [0.25, 0.3) is 0 Å². The molecule has 0 amide bonds. The Hall–Kier alpha value is -0.260. The van der Waals surface area contributed by atoms with Crippen molar-refractivity contribution in [3.8, 4) is 0 Å². The number of nitrogens with one attached hydrogen (secondary N) is 1. The Morgan fingerprint density at radius 1 is 1.20 bits per heavy atom.